The van der Waals surface area contributed by atoms with E-state index in [0.717, 1.165) is 16.2 Å². The van der Waals surface area contributed by atoms with Crippen molar-refractivity contribution in [2.24, 2.45) is 5.16 Å². The van der Waals surface area contributed by atoms with Gasteiger partial charge >= 0.3 is 11.9 Å². The molecule has 2 atom stereocenters. The zero-order valence-corrected chi connectivity index (χ0v) is 17.5. The molecular weight excluding hydrogens is 462 g/mol. The number of nitrogens with two attached hydrogens (primary N) is 1. The Labute approximate surface area is 181 Å². The smallest absolute Gasteiger partial charge is 0.352 e. The molecule has 160 valence electrons. The highest BCUT2D eigenvalue weighted by atomic mass is 35.5. The lowest BCUT2D eigenvalue weighted by atomic mass is 10.0. The van der Waals surface area contributed by atoms with Crippen LogP contribution in [0.15, 0.2) is 16.4 Å². The third kappa shape index (κ3) is 4.06. The SMILES string of the molecule is CC1=C(C(=O)O)N2C(=O)C(NC(=O)C(=NOCC(=O)O)c3nc(N)sc3Cl)[C@H]2SC1. The lowest BCUT2D eigenvalue weighted by Gasteiger charge is -2.49. The predicted molar refractivity (Wildman–Crippen MR) is 107 cm³/mol. The summed E-state index contributed by atoms with van der Waals surface area (Å²) in [5, 5.41) is 23.4. The van der Waals surface area contributed by atoms with E-state index in [9.17, 15) is 24.3 Å². The highest BCUT2D eigenvalue weighted by Crippen LogP contribution is 2.40. The van der Waals surface area contributed by atoms with E-state index in [2.05, 4.69) is 20.3 Å². The van der Waals surface area contributed by atoms with Gasteiger partial charge in [0, 0.05) is 5.75 Å². The lowest BCUT2D eigenvalue weighted by Crippen LogP contribution is -2.71. The maximum absolute atomic E-state index is 12.8. The molecule has 5 N–H and O–H groups in total. The number of carboxylic acid groups (broad SMARTS) is 2. The zero-order chi connectivity index (χ0) is 22.2. The summed E-state index contributed by atoms with van der Waals surface area (Å²) in [7, 11) is 0. The number of nitrogens with one attached hydrogen (secondary N) is 1. The van der Waals surface area contributed by atoms with Gasteiger partial charge in [0.05, 0.1) is 0 Å². The number of nitrogens with zero attached hydrogens (tertiary/aromatic N) is 3. The summed E-state index contributed by atoms with van der Waals surface area (Å²) in [6.07, 6.45) is 0. The number of β-lactam (4-membered cyclic amide) rings is 1. The summed E-state index contributed by atoms with van der Waals surface area (Å²) < 4.78 is 0.0145. The van der Waals surface area contributed by atoms with Crippen LogP contribution in [0.25, 0.3) is 0 Å². The van der Waals surface area contributed by atoms with Crippen LogP contribution in [0, 0.1) is 0 Å². The maximum atomic E-state index is 12.8. The summed E-state index contributed by atoms with van der Waals surface area (Å²) in [4.78, 5) is 57.0. The molecule has 30 heavy (non-hydrogen) atoms. The summed E-state index contributed by atoms with van der Waals surface area (Å²) in [5.74, 6) is -3.69. The normalized spacial score (nSPS) is 21.1. The molecule has 1 saturated heterocycles. The van der Waals surface area contributed by atoms with E-state index in [0.29, 0.717) is 11.3 Å². The van der Waals surface area contributed by atoms with Gasteiger partial charge in [-0.25, -0.2) is 14.6 Å². The van der Waals surface area contributed by atoms with E-state index in [1.54, 1.807) is 6.92 Å². The van der Waals surface area contributed by atoms with Crippen LogP contribution >= 0.6 is 34.7 Å². The first-order valence-electron chi connectivity index (χ1n) is 8.14. The fourth-order valence-corrected chi connectivity index (χ4v) is 5.01. The number of oxime groups is 1. The number of aromatic nitrogens is 1. The molecule has 12 nitrogen and oxygen atoms in total. The molecule has 2 amide bonds. The van der Waals surface area contributed by atoms with Crippen molar-refractivity contribution in [2.75, 3.05) is 18.1 Å². The van der Waals surface area contributed by atoms with Crippen molar-refractivity contribution in [3.63, 3.8) is 0 Å². The second-order valence-electron chi connectivity index (χ2n) is 6.08. The fraction of sp³-hybridized carbons (Fsp3) is 0.333. The minimum absolute atomic E-state index is 0.0145. The van der Waals surface area contributed by atoms with Crippen molar-refractivity contribution >= 4 is 69.3 Å². The van der Waals surface area contributed by atoms with Crippen LogP contribution in [0.4, 0.5) is 5.13 Å². The van der Waals surface area contributed by atoms with Crippen LogP contribution in [0.3, 0.4) is 0 Å². The lowest BCUT2D eigenvalue weighted by molar-refractivity contribution is -0.150. The number of halogens is 1. The Morgan fingerprint density at radius 1 is 1.43 bits per heavy atom. The summed E-state index contributed by atoms with van der Waals surface area (Å²) in [5.41, 5.74) is 5.40. The van der Waals surface area contributed by atoms with Gasteiger partial charge in [-0.3, -0.25) is 14.5 Å². The number of carbonyl (C=O) groups excluding carboxylic acids is 2. The van der Waals surface area contributed by atoms with Gasteiger partial charge in [0.1, 0.15) is 27.1 Å². The van der Waals surface area contributed by atoms with Crippen molar-refractivity contribution in [3.8, 4) is 0 Å². The van der Waals surface area contributed by atoms with E-state index in [1.165, 1.54) is 11.8 Å². The van der Waals surface area contributed by atoms with E-state index >= 15 is 0 Å². The van der Waals surface area contributed by atoms with Gasteiger partial charge in [0.2, 0.25) is 6.61 Å². The molecule has 3 heterocycles. The molecular formula is C15H14ClN5O7S2. The molecule has 2 aliphatic rings. The number of nitrogen functional groups attached to an aromatic ring is 1. The van der Waals surface area contributed by atoms with Gasteiger partial charge in [-0.1, -0.05) is 28.1 Å². The largest absolute Gasteiger partial charge is 0.479 e. The molecule has 2 aliphatic heterocycles. The maximum Gasteiger partial charge on any atom is 0.352 e. The number of carboxylic acids is 2. The molecule has 0 saturated carbocycles. The third-order valence-corrected chi connectivity index (χ3v) is 6.54. The number of rotatable bonds is 7. The average molecular weight is 476 g/mol. The average Bonchev–Trinajstić information content (AvgIpc) is 3.00. The van der Waals surface area contributed by atoms with Crippen LogP contribution in [0.2, 0.25) is 4.34 Å². The zero-order valence-electron chi connectivity index (χ0n) is 15.1. The first-order valence-corrected chi connectivity index (χ1v) is 10.4. The van der Waals surface area contributed by atoms with Gasteiger partial charge in [0.15, 0.2) is 10.8 Å². The molecule has 0 radical (unpaired) electrons. The Morgan fingerprint density at radius 3 is 2.70 bits per heavy atom. The number of thioether (sulfide) groups is 1. The molecule has 15 heteroatoms. The number of aliphatic carboxylic acids is 2. The second-order valence-corrected chi connectivity index (χ2v) is 8.81. The Hall–Kier alpha value is -2.84. The van der Waals surface area contributed by atoms with Crippen molar-refractivity contribution in [1.29, 1.82) is 0 Å². The van der Waals surface area contributed by atoms with Crippen LogP contribution in [0.5, 0.6) is 0 Å². The van der Waals surface area contributed by atoms with Crippen molar-refractivity contribution in [3.05, 3.63) is 21.3 Å². The third-order valence-electron chi connectivity index (χ3n) is 4.03. The number of fused-ring (bicyclic) bond motifs is 1. The minimum Gasteiger partial charge on any atom is -0.479 e. The molecule has 0 aliphatic carbocycles. The number of anilines is 1. The van der Waals surface area contributed by atoms with Gasteiger partial charge in [-0.05, 0) is 12.5 Å². The summed E-state index contributed by atoms with van der Waals surface area (Å²) in [6, 6.07) is -1.02. The van der Waals surface area contributed by atoms with Gasteiger partial charge in [-0.15, -0.1) is 11.8 Å². The quantitative estimate of drug-likeness (QED) is 0.236. The molecule has 1 aromatic rings. The monoisotopic (exact) mass is 475 g/mol. The molecule has 0 aromatic carbocycles. The minimum atomic E-state index is -1.32. The van der Waals surface area contributed by atoms with E-state index in [-0.39, 0.29) is 20.9 Å². The molecule has 3 rings (SSSR count). The first kappa shape index (κ1) is 21.9. The van der Waals surface area contributed by atoms with Crippen molar-refractivity contribution in [2.45, 2.75) is 18.3 Å². The number of hydrogen-bond acceptors (Lipinski definition) is 10. The van der Waals surface area contributed by atoms with Gasteiger partial charge < -0.3 is 26.1 Å². The summed E-state index contributed by atoms with van der Waals surface area (Å²) >= 11 is 8.17. The van der Waals surface area contributed by atoms with Gasteiger partial charge in [0.25, 0.3) is 11.8 Å². The molecule has 1 aromatic heterocycles. The Bertz CT molecular complexity index is 1010. The van der Waals surface area contributed by atoms with Crippen molar-refractivity contribution in [1.82, 2.24) is 15.2 Å². The van der Waals surface area contributed by atoms with Crippen LogP contribution in [0.1, 0.15) is 12.6 Å². The number of carbonyl (C=O) groups is 4. The second kappa shape index (κ2) is 8.49. The van der Waals surface area contributed by atoms with Crippen LogP contribution < -0.4 is 11.1 Å². The predicted octanol–water partition coefficient (Wildman–Crippen LogP) is -0.0575. The van der Waals surface area contributed by atoms with Crippen LogP contribution in [-0.4, -0.2) is 73.3 Å². The Balaban J connectivity index is 1.82. The highest BCUT2D eigenvalue weighted by Gasteiger charge is 2.54. The first-order chi connectivity index (χ1) is 14.1. The Kier molecular flexibility index (Phi) is 6.19. The molecule has 0 spiro atoms. The highest BCUT2D eigenvalue weighted by molar-refractivity contribution is 8.00. The number of amides is 2. The van der Waals surface area contributed by atoms with E-state index < -0.39 is 47.5 Å². The standard InChI is InChI=1S/C15H14ClN5O7S2/c1-4-3-29-13-8(12(25)21(13)9(4)14(26)27)18-11(24)7(20-28-2-5(22)23)6-10(16)30-15(17)19-6/h8,13H,2-3H2,1H3,(H2,17,19)(H,18,24)(H,22,23)(H,26,27)/t8?,13-/m1/s1. The van der Waals surface area contributed by atoms with Crippen LogP contribution in [-0.2, 0) is 24.0 Å². The van der Waals surface area contributed by atoms with E-state index in [1.807, 2.05) is 0 Å². The van der Waals surface area contributed by atoms with Crippen molar-refractivity contribution < 1.29 is 34.2 Å². The summed E-state index contributed by atoms with van der Waals surface area (Å²) in [6.45, 7) is 0.791. The Morgan fingerprint density at radius 2 is 2.13 bits per heavy atom. The fourth-order valence-electron chi connectivity index (χ4n) is 2.79. The van der Waals surface area contributed by atoms with E-state index in [4.69, 9.17) is 22.4 Å². The molecule has 0 bridgehead atoms. The molecule has 1 fully saturated rings. The number of thiazole rings is 1. The topological polar surface area (TPSA) is 185 Å². The number of hydrogen-bond donors (Lipinski definition) is 4. The molecule has 1 unspecified atom stereocenters. The van der Waals surface area contributed by atoms with Gasteiger partial charge in [-0.2, -0.15) is 0 Å².